The molecule has 0 unspecified atom stereocenters. The number of carbonyl (C=O) groups excluding carboxylic acids is 6. The molecule has 0 aliphatic carbocycles. The van der Waals surface area contributed by atoms with Crippen LogP contribution in [0.4, 0.5) is 17.1 Å². The van der Waals surface area contributed by atoms with E-state index < -0.39 is 34.7 Å². The van der Waals surface area contributed by atoms with Crippen molar-refractivity contribution in [1.29, 1.82) is 0 Å². The van der Waals surface area contributed by atoms with E-state index in [1.54, 1.807) is 36.4 Å². The summed E-state index contributed by atoms with van der Waals surface area (Å²) in [6, 6.07) is 10.2. The van der Waals surface area contributed by atoms with Crippen molar-refractivity contribution in [2.45, 2.75) is 180 Å². The molecule has 0 saturated carbocycles. The van der Waals surface area contributed by atoms with E-state index in [2.05, 4.69) is 16.0 Å². The van der Waals surface area contributed by atoms with Crippen molar-refractivity contribution < 1.29 is 43.0 Å². The molecule has 372 valence electrons. The summed E-state index contributed by atoms with van der Waals surface area (Å²) in [7, 11) is 0. The van der Waals surface area contributed by atoms with Crippen LogP contribution in [0.3, 0.4) is 0 Å². The maximum Gasteiger partial charge on any atom is 0.338 e. The van der Waals surface area contributed by atoms with Crippen LogP contribution in [-0.2, 0) is 67.1 Å². The van der Waals surface area contributed by atoms with E-state index >= 15 is 0 Å². The number of hydrogen-bond donors (Lipinski definition) is 3. The van der Waals surface area contributed by atoms with Crippen molar-refractivity contribution in [3.05, 3.63) is 120 Å². The molecule has 0 fully saturated rings. The Morgan fingerprint density at radius 2 is 0.551 bits per heavy atom. The second-order valence-corrected chi connectivity index (χ2v) is 21.1. The molecule has 4 rings (SSSR count). The average molecular weight is 946 g/mol. The van der Waals surface area contributed by atoms with E-state index in [0.29, 0.717) is 86.4 Å². The molecule has 0 aliphatic rings. The molecule has 69 heavy (non-hydrogen) atoms. The van der Waals surface area contributed by atoms with Crippen molar-refractivity contribution in [3.63, 3.8) is 0 Å². The van der Waals surface area contributed by atoms with Gasteiger partial charge in [-0.2, -0.15) is 0 Å². The minimum absolute atomic E-state index is 0.0407. The molecule has 0 atom stereocenters. The highest BCUT2D eigenvalue weighted by Crippen LogP contribution is 2.34. The van der Waals surface area contributed by atoms with Crippen LogP contribution in [0.25, 0.3) is 0 Å². The van der Waals surface area contributed by atoms with Crippen molar-refractivity contribution >= 4 is 52.7 Å². The Kier molecular flexibility index (Phi) is 17.6. The SMILES string of the molecule is CCc1c(CC(=O)Nc2c(C)cc(C(=O)OC(C)(C)C)cc2C)c(CC)c(CC(=O)Nc2c(C)cc(C(=O)OC(C)(C)C)cc2C)c(CC)c1CC(=O)Nc1c(C)cc(C(=O)OC(C)(C)C)cc1C. The van der Waals surface area contributed by atoms with Gasteiger partial charge in [0.05, 0.1) is 36.0 Å². The Bertz CT molecular complexity index is 2290. The molecular weight excluding hydrogens is 871 g/mol. The number of rotatable bonds is 15. The van der Waals surface area contributed by atoms with Gasteiger partial charge in [0.25, 0.3) is 0 Å². The molecule has 12 nitrogen and oxygen atoms in total. The first kappa shape index (κ1) is 55.3. The third-order valence-corrected chi connectivity index (χ3v) is 11.6. The van der Waals surface area contributed by atoms with Crippen LogP contribution in [0.2, 0.25) is 0 Å². The third kappa shape index (κ3) is 14.6. The Balaban J connectivity index is 1.82. The summed E-state index contributed by atoms with van der Waals surface area (Å²) >= 11 is 0. The Morgan fingerprint density at radius 1 is 0.362 bits per heavy atom. The first-order valence-corrected chi connectivity index (χ1v) is 24.0. The average Bonchev–Trinajstić information content (AvgIpc) is 3.20. The van der Waals surface area contributed by atoms with Gasteiger partial charge in [0.1, 0.15) is 16.8 Å². The maximum absolute atomic E-state index is 14.4. The van der Waals surface area contributed by atoms with Crippen LogP contribution in [0, 0.1) is 41.5 Å². The van der Waals surface area contributed by atoms with E-state index in [4.69, 9.17) is 14.2 Å². The lowest BCUT2D eigenvalue weighted by Crippen LogP contribution is -2.26. The number of amides is 3. The van der Waals surface area contributed by atoms with Gasteiger partial charge in [-0.05, 0) is 226 Å². The van der Waals surface area contributed by atoms with Gasteiger partial charge >= 0.3 is 17.9 Å². The molecule has 0 bridgehead atoms. The third-order valence-electron chi connectivity index (χ3n) is 11.6. The molecule has 0 spiro atoms. The summed E-state index contributed by atoms with van der Waals surface area (Å²) in [5.74, 6) is -2.25. The van der Waals surface area contributed by atoms with Gasteiger partial charge in [0, 0.05) is 17.1 Å². The number of benzene rings is 4. The highest BCUT2D eigenvalue weighted by atomic mass is 16.6. The van der Waals surface area contributed by atoms with Gasteiger partial charge in [0.2, 0.25) is 17.7 Å². The molecule has 0 saturated heterocycles. The zero-order chi connectivity index (χ0) is 52.1. The molecule has 4 aromatic rings. The van der Waals surface area contributed by atoms with Gasteiger partial charge in [-0.25, -0.2) is 14.4 Å². The molecule has 3 amide bonds. The standard InChI is InChI=1S/C57H75N3O9/c1-19-40-43(28-46(61)58-49-31(4)22-37(23-32(49)5)52(64)67-55(10,11)12)41(20-2)45(30-48(63)60-51-35(8)26-39(27-36(51)9)54(66)69-57(16,17)18)42(21-3)44(40)29-47(62)59-50-33(6)24-38(25-34(50)7)53(65)68-56(13,14)15/h22-27H,19-21,28-30H2,1-18H3,(H,58,61)(H,59,62)(H,60,63). The number of nitrogens with one attached hydrogen (secondary N) is 3. The Morgan fingerprint density at radius 3 is 0.710 bits per heavy atom. The highest BCUT2D eigenvalue weighted by Gasteiger charge is 2.28. The molecule has 3 N–H and O–H groups in total. The molecule has 0 radical (unpaired) electrons. The van der Waals surface area contributed by atoms with Gasteiger partial charge in [0.15, 0.2) is 0 Å². The lowest BCUT2D eigenvalue weighted by Gasteiger charge is -2.26. The highest BCUT2D eigenvalue weighted by molar-refractivity contribution is 6.00. The molecule has 4 aromatic carbocycles. The van der Waals surface area contributed by atoms with Gasteiger partial charge < -0.3 is 30.2 Å². The van der Waals surface area contributed by atoms with Crippen LogP contribution < -0.4 is 16.0 Å². The molecule has 0 aliphatic heterocycles. The molecule has 0 aromatic heterocycles. The lowest BCUT2D eigenvalue weighted by molar-refractivity contribution is -0.116. The number of ether oxygens (including phenoxy) is 3. The van der Waals surface area contributed by atoms with E-state index in [-0.39, 0.29) is 37.0 Å². The summed E-state index contributed by atoms with van der Waals surface area (Å²) in [6.07, 6.45) is 1.39. The minimum atomic E-state index is -0.675. The topological polar surface area (TPSA) is 166 Å². The van der Waals surface area contributed by atoms with E-state index in [1.165, 1.54) is 0 Å². The predicted octanol–water partition coefficient (Wildman–Crippen LogP) is 11.6. The van der Waals surface area contributed by atoms with Gasteiger partial charge in [-0.15, -0.1) is 0 Å². The number of esters is 3. The van der Waals surface area contributed by atoms with Crippen molar-refractivity contribution in [1.82, 2.24) is 0 Å². The fourth-order valence-electron chi connectivity index (χ4n) is 8.89. The van der Waals surface area contributed by atoms with Crippen molar-refractivity contribution in [2.24, 2.45) is 0 Å². The Hall–Kier alpha value is -6.30. The van der Waals surface area contributed by atoms with Crippen LogP contribution in [0.1, 0.15) is 181 Å². The van der Waals surface area contributed by atoms with Crippen molar-refractivity contribution in [3.8, 4) is 0 Å². The minimum Gasteiger partial charge on any atom is -0.456 e. The number of carbonyl (C=O) groups is 6. The fourth-order valence-corrected chi connectivity index (χ4v) is 8.89. The first-order chi connectivity index (χ1) is 31.9. The molecule has 0 heterocycles. The molecule has 12 heteroatoms. The van der Waals surface area contributed by atoms with Crippen LogP contribution in [-0.4, -0.2) is 52.4 Å². The second kappa shape index (κ2) is 22.0. The zero-order valence-electron chi connectivity index (χ0n) is 44.4. The number of anilines is 3. The predicted molar refractivity (Wildman–Crippen MR) is 275 cm³/mol. The normalized spacial score (nSPS) is 11.7. The van der Waals surface area contributed by atoms with E-state index in [0.717, 1.165) is 33.4 Å². The number of aryl methyl sites for hydroxylation is 6. The second-order valence-electron chi connectivity index (χ2n) is 21.1. The maximum atomic E-state index is 14.4. The van der Waals surface area contributed by atoms with Gasteiger partial charge in [-0.1, -0.05) is 20.8 Å². The Labute approximate surface area is 410 Å². The fraction of sp³-hybridized carbons (Fsp3) is 0.474. The monoisotopic (exact) mass is 946 g/mol. The first-order valence-electron chi connectivity index (χ1n) is 24.0. The largest absolute Gasteiger partial charge is 0.456 e. The van der Waals surface area contributed by atoms with Crippen LogP contribution in [0.15, 0.2) is 36.4 Å². The summed E-state index contributed by atoms with van der Waals surface area (Å²) in [6.45, 7) is 33.3. The van der Waals surface area contributed by atoms with E-state index in [1.807, 2.05) is 125 Å². The summed E-state index contributed by atoms with van der Waals surface area (Å²) < 4.78 is 16.8. The lowest BCUT2D eigenvalue weighted by atomic mass is 9.80. The summed E-state index contributed by atoms with van der Waals surface area (Å²) in [5.41, 5.74) is 9.91. The smallest absolute Gasteiger partial charge is 0.338 e. The van der Waals surface area contributed by atoms with Crippen LogP contribution >= 0.6 is 0 Å². The van der Waals surface area contributed by atoms with Crippen LogP contribution in [0.5, 0.6) is 0 Å². The van der Waals surface area contributed by atoms with Crippen molar-refractivity contribution in [2.75, 3.05) is 16.0 Å². The zero-order valence-corrected chi connectivity index (χ0v) is 44.4. The van der Waals surface area contributed by atoms with E-state index in [9.17, 15) is 28.8 Å². The molecular formula is C57H75N3O9. The number of hydrogen-bond acceptors (Lipinski definition) is 9. The van der Waals surface area contributed by atoms with Gasteiger partial charge in [-0.3, -0.25) is 14.4 Å². The summed E-state index contributed by atoms with van der Waals surface area (Å²) in [4.78, 5) is 82.0. The quantitative estimate of drug-likeness (QED) is 0.0776. The summed E-state index contributed by atoms with van der Waals surface area (Å²) in [5, 5.41) is 9.35.